The molecule has 5 rings (SSSR count). The maximum atomic E-state index is 13.8. The van der Waals surface area contributed by atoms with Crippen LogP contribution >= 0.6 is 24.0 Å². The van der Waals surface area contributed by atoms with Crippen LogP contribution in [0.15, 0.2) is 73.1 Å². The number of halogens is 2. The highest BCUT2D eigenvalue weighted by atomic mass is 35.5. The third-order valence-electron chi connectivity index (χ3n) is 7.69. The molecule has 1 aromatic heterocycles. The first-order valence-corrected chi connectivity index (χ1v) is 12.7. The minimum atomic E-state index is -0.0650. The number of pyridine rings is 1. The van der Waals surface area contributed by atoms with Crippen molar-refractivity contribution in [2.75, 3.05) is 13.1 Å². The van der Waals surface area contributed by atoms with Crippen LogP contribution < -0.4 is 5.73 Å². The number of nitrogens with two attached hydrogens (primary N) is 1. The normalized spacial score (nSPS) is 21.7. The number of hydrogen-bond acceptors (Lipinski definition) is 3. The Labute approximate surface area is 219 Å². The number of nitrogens with zero attached hydrogens (tertiary/aromatic N) is 2. The maximum Gasteiger partial charge on any atom is 0.255 e. The first-order chi connectivity index (χ1) is 16.6. The van der Waals surface area contributed by atoms with Crippen LogP contribution in [0.2, 0.25) is 5.02 Å². The predicted molar refractivity (Wildman–Crippen MR) is 145 cm³/mol. The second-order valence-corrected chi connectivity index (χ2v) is 10.4. The van der Waals surface area contributed by atoms with Gasteiger partial charge < -0.3 is 10.6 Å². The van der Waals surface area contributed by atoms with Crippen LogP contribution in [0.1, 0.15) is 54.4 Å². The summed E-state index contributed by atoms with van der Waals surface area (Å²) < 4.78 is 0. The summed E-state index contributed by atoms with van der Waals surface area (Å²) in [6, 6.07) is 20.5. The number of amides is 1. The zero-order valence-corrected chi connectivity index (χ0v) is 21.5. The molecule has 4 nitrogen and oxygen atoms in total. The largest absolute Gasteiger partial charge is 0.335 e. The first kappa shape index (κ1) is 25.7. The van der Waals surface area contributed by atoms with Gasteiger partial charge in [0.15, 0.2) is 0 Å². The molecule has 0 aliphatic heterocycles. The van der Waals surface area contributed by atoms with Crippen molar-refractivity contribution in [1.82, 2.24) is 9.88 Å². The van der Waals surface area contributed by atoms with Gasteiger partial charge in [-0.15, -0.1) is 12.4 Å². The zero-order chi connectivity index (χ0) is 23.5. The summed E-state index contributed by atoms with van der Waals surface area (Å²) in [5, 5.41) is 0.754. The van der Waals surface area contributed by atoms with Crippen LogP contribution in [0, 0.1) is 5.92 Å². The minimum absolute atomic E-state index is 0. The van der Waals surface area contributed by atoms with Crippen molar-refractivity contribution in [2.45, 2.75) is 50.0 Å². The average Bonchev–Trinajstić information content (AvgIpc) is 3.72. The zero-order valence-electron chi connectivity index (χ0n) is 19.9. The molecule has 3 aromatic rings. The van der Waals surface area contributed by atoms with Gasteiger partial charge >= 0.3 is 0 Å². The van der Waals surface area contributed by atoms with Crippen molar-refractivity contribution >= 4 is 29.9 Å². The molecule has 2 N–H and O–H groups in total. The Morgan fingerprint density at radius 1 is 0.971 bits per heavy atom. The van der Waals surface area contributed by atoms with E-state index in [1.165, 1.54) is 18.4 Å². The Balaban J connectivity index is 0.00000289. The molecule has 1 heterocycles. The van der Waals surface area contributed by atoms with Crippen molar-refractivity contribution in [2.24, 2.45) is 11.7 Å². The number of aromatic nitrogens is 1. The number of carbonyl (C=O) groups is 1. The lowest BCUT2D eigenvalue weighted by molar-refractivity contribution is 0.0581. The number of benzene rings is 2. The second-order valence-electron chi connectivity index (χ2n) is 9.96. The van der Waals surface area contributed by atoms with E-state index in [1.54, 1.807) is 6.20 Å². The van der Waals surface area contributed by atoms with Gasteiger partial charge in [0.25, 0.3) is 5.91 Å². The van der Waals surface area contributed by atoms with Gasteiger partial charge in [-0.1, -0.05) is 54.1 Å². The maximum absolute atomic E-state index is 13.8. The summed E-state index contributed by atoms with van der Waals surface area (Å²) in [5.74, 6) is 0.730. The van der Waals surface area contributed by atoms with E-state index in [0.29, 0.717) is 18.0 Å². The van der Waals surface area contributed by atoms with Crippen molar-refractivity contribution < 1.29 is 4.79 Å². The summed E-state index contributed by atoms with van der Waals surface area (Å²) in [7, 11) is 0. The quantitative estimate of drug-likeness (QED) is 0.394. The van der Waals surface area contributed by atoms with Crippen LogP contribution in [-0.2, 0) is 5.41 Å². The highest BCUT2D eigenvalue weighted by Gasteiger charge is 2.40. The summed E-state index contributed by atoms with van der Waals surface area (Å²) in [6.45, 7) is 1.44. The minimum Gasteiger partial charge on any atom is -0.335 e. The molecule has 6 heteroatoms. The molecule has 2 aromatic carbocycles. The summed E-state index contributed by atoms with van der Waals surface area (Å²) in [5.41, 5.74) is 10.2. The second kappa shape index (κ2) is 11.1. The van der Waals surface area contributed by atoms with Gasteiger partial charge in [-0.05, 0) is 73.8 Å². The Bertz CT molecular complexity index is 1140. The first-order valence-electron chi connectivity index (χ1n) is 12.4. The van der Waals surface area contributed by atoms with E-state index >= 15 is 0 Å². The summed E-state index contributed by atoms with van der Waals surface area (Å²) >= 11 is 6.29. The van der Waals surface area contributed by atoms with Gasteiger partial charge in [-0.2, -0.15) is 0 Å². The highest BCUT2D eigenvalue weighted by molar-refractivity contribution is 6.30. The lowest BCUT2D eigenvalue weighted by Crippen LogP contribution is -2.48. The van der Waals surface area contributed by atoms with E-state index in [-0.39, 0.29) is 29.8 Å². The van der Waals surface area contributed by atoms with Gasteiger partial charge in [0.05, 0.1) is 5.56 Å². The average molecular weight is 511 g/mol. The van der Waals surface area contributed by atoms with E-state index in [1.807, 2.05) is 42.6 Å². The van der Waals surface area contributed by atoms with E-state index in [9.17, 15) is 4.79 Å². The molecule has 2 aliphatic rings. The number of hydrogen-bond donors (Lipinski definition) is 1. The fourth-order valence-corrected chi connectivity index (χ4v) is 5.57. The monoisotopic (exact) mass is 509 g/mol. The topological polar surface area (TPSA) is 59.2 Å². The van der Waals surface area contributed by atoms with Gasteiger partial charge in [0.2, 0.25) is 0 Å². The molecule has 2 fully saturated rings. The molecule has 0 spiro atoms. The fraction of sp³-hybridized carbons (Fsp3) is 0.379. The fourth-order valence-electron chi connectivity index (χ4n) is 5.38. The molecule has 0 bridgehead atoms. The van der Waals surface area contributed by atoms with E-state index < -0.39 is 0 Å². The molecular formula is C29H33Cl2N3O. The van der Waals surface area contributed by atoms with Crippen LogP contribution in [0.3, 0.4) is 0 Å². The van der Waals surface area contributed by atoms with Gasteiger partial charge in [-0.25, -0.2) is 0 Å². The van der Waals surface area contributed by atoms with Crippen molar-refractivity contribution in [3.8, 4) is 11.1 Å². The molecule has 0 saturated heterocycles. The molecule has 0 radical (unpaired) electrons. The standard InChI is InChI=1S/C29H32ClN3O.ClH/c30-26-8-4-7-25(16-26)29(20-31)13-11-27(12-14-29)33(19-21-9-10-21)28(34)24-15-23(17-32-18-24)22-5-2-1-3-6-22;/h1-8,15-18,21,27H,9-14,19-20,31H2;1H. The van der Waals surface area contributed by atoms with Crippen molar-refractivity contribution in [3.63, 3.8) is 0 Å². The van der Waals surface area contributed by atoms with Crippen LogP contribution in [0.25, 0.3) is 11.1 Å². The highest BCUT2D eigenvalue weighted by Crippen LogP contribution is 2.42. The Morgan fingerprint density at radius 3 is 2.37 bits per heavy atom. The molecule has 1 amide bonds. The summed E-state index contributed by atoms with van der Waals surface area (Å²) in [6.07, 6.45) is 9.81. The smallest absolute Gasteiger partial charge is 0.255 e. The lowest BCUT2D eigenvalue weighted by Gasteiger charge is -2.43. The SMILES string of the molecule is Cl.NCC1(c2cccc(Cl)c2)CCC(N(CC2CC2)C(=O)c2cncc(-c3ccccc3)c2)CC1. The molecule has 35 heavy (non-hydrogen) atoms. The summed E-state index contributed by atoms with van der Waals surface area (Å²) in [4.78, 5) is 20.3. The molecule has 2 saturated carbocycles. The Kier molecular flexibility index (Phi) is 8.16. The van der Waals surface area contributed by atoms with Crippen LogP contribution in [0.4, 0.5) is 0 Å². The lowest BCUT2D eigenvalue weighted by atomic mass is 9.68. The van der Waals surface area contributed by atoms with Gasteiger partial charge in [0, 0.05) is 47.5 Å². The predicted octanol–water partition coefficient (Wildman–Crippen LogP) is 6.52. The van der Waals surface area contributed by atoms with Gasteiger partial charge in [0.1, 0.15) is 0 Å². The third-order valence-corrected chi connectivity index (χ3v) is 7.92. The van der Waals surface area contributed by atoms with Crippen molar-refractivity contribution in [3.05, 3.63) is 89.2 Å². The van der Waals surface area contributed by atoms with E-state index in [4.69, 9.17) is 17.3 Å². The van der Waals surface area contributed by atoms with Crippen molar-refractivity contribution in [1.29, 1.82) is 0 Å². The molecular weight excluding hydrogens is 477 g/mol. The van der Waals surface area contributed by atoms with Crippen LogP contribution in [0.5, 0.6) is 0 Å². The molecule has 2 aliphatic carbocycles. The van der Waals surface area contributed by atoms with E-state index in [0.717, 1.165) is 48.4 Å². The third kappa shape index (κ3) is 5.72. The Morgan fingerprint density at radius 2 is 1.71 bits per heavy atom. The number of rotatable bonds is 7. The molecule has 0 atom stereocenters. The van der Waals surface area contributed by atoms with Crippen LogP contribution in [-0.4, -0.2) is 34.9 Å². The van der Waals surface area contributed by atoms with E-state index in [2.05, 4.69) is 34.1 Å². The molecule has 184 valence electrons. The Hall–Kier alpha value is -2.40. The molecule has 0 unspecified atom stereocenters. The number of carbonyl (C=O) groups excluding carboxylic acids is 1. The van der Waals surface area contributed by atoms with Gasteiger partial charge in [-0.3, -0.25) is 9.78 Å².